The maximum absolute atomic E-state index is 11.0. The largest absolute Gasteiger partial charge is 0.385 e. The van der Waals surface area contributed by atoms with Crippen LogP contribution in [-0.2, 0) is 17.0 Å². The van der Waals surface area contributed by atoms with Crippen molar-refractivity contribution in [3.05, 3.63) is 41.7 Å². The summed E-state index contributed by atoms with van der Waals surface area (Å²) in [6.07, 6.45) is 2.66. The maximum Gasteiger partial charge on any atom is 0.248 e. The smallest absolute Gasteiger partial charge is 0.248 e. The Kier molecular flexibility index (Phi) is 5.77. The first-order chi connectivity index (χ1) is 10.2. The van der Waals surface area contributed by atoms with Gasteiger partial charge in [-0.15, -0.1) is 10.2 Å². The second-order valence-electron chi connectivity index (χ2n) is 4.50. The molecule has 0 fully saturated rings. The number of carbonyl (C=O) groups is 1. The number of primary amides is 1. The van der Waals surface area contributed by atoms with E-state index >= 15 is 0 Å². The molecule has 0 aliphatic carbocycles. The normalized spacial score (nSPS) is 10.7. The topological polar surface area (TPSA) is 83.0 Å². The fraction of sp³-hybridized carbons (Fsp3) is 0.357. The molecule has 1 heterocycles. The Morgan fingerprint density at radius 2 is 2.14 bits per heavy atom. The summed E-state index contributed by atoms with van der Waals surface area (Å²) < 4.78 is 7.06. The van der Waals surface area contributed by atoms with Crippen LogP contribution in [0.1, 0.15) is 22.3 Å². The number of aromatic nitrogens is 3. The van der Waals surface area contributed by atoms with Crippen molar-refractivity contribution in [2.45, 2.75) is 23.9 Å². The van der Waals surface area contributed by atoms with Crippen LogP contribution in [0.2, 0.25) is 0 Å². The van der Waals surface area contributed by atoms with E-state index < -0.39 is 5.91 Å². The summed E-state index contributed by atoms with van der Waals surface area (Å²) in [5, 5.41) is 8.94. The minimum absolute atomic E-state index is 0.410. The van der Waals surface area contributed by atoms with Crippen LogP contribution in [-0.4, -0.2) is 34.4 Å². The SMILES string of the molecule is COCCCn1cnnc1SCc1ccc(C(N)=O)cc1. The standard InChI is InChI=1S/C14H18N4O2S/c1-20-8-2-7-18-10-16-17-14(18)21-9-11-3-5-12(6-4-11)13(15)19/h3-6,10H,2,7-9H2,1H3,(H2,15,19). The van der Waals surface area contributed by atoms with Gasteiger partial charge in [0.1, 0.15) is 6.33 Å². The van der Waals surface area contributed by atoms with Gasteiger partial charge in [0.25, 0.3) is 0 Å². The second-order valence-corrected chi connectivity index (χ2v) is 5.45. The molecule has 0 aliphatic heterocycles. The number of benzene rings is 1. The molecule has 2 rings (SSSR count). The van der Waals surface area contributed by atoms with E-state index in [2.05, 4.69) is 10.2 Å². The average molecular weight is 306 g/mol. The van der Waals surface area contributed by atoms with Crippen molar-refractivity contribution < 1.29 is 9.53 Å². The van der Waals surface area contributed by atoms with Crippen molar-refractivity contribution in [3.63, 3.8) is 0 Å². The third kappa shape index (κ3) is 4.57. The van der Waals surface area contributed by atoms with Gasteiger partial charge >= 0.3 is 0 Å². The van der Waals surface area contributed by atoms with Gasteiger partial charge in [0, 0.05) is 31.6 Å². The zero-order chi connectivity index (χ0) is 15.1. The van der Waals surface area contributed by atoms with Crippen LogP contribution in [0, 0.1) is 0 Å². The van der Waals surface area contributed by atoms with Crippen LogP contribution in [0.4, 0.5) is 0 Å². The number of ether oxygens (including phenoxy) is 1. The Bertz CT molecular complexity index is 583. The van der Waals surface area contributed by atoms with Gasteiger partial charge in [-0.3, -0.25) is 4.79 Å². The molecule has 0 unspecified atom stereocenters. The molecule has 6 nitrogen and oxygen atoms in total. The molecule has 1 amide bonds. The predicted octanol–water partition coefficient (Wildman–Crippen LogP) is 1.71. The molecule has 1 aromatic heterocycles. The van der Waals surface area contributed by atoms with Gasteiger partial charge in [0.2, 0.25) is 5.91 Å². The number of carbonyl (C=O) groups excluding carboxylic acids is 1. The Balaban J connectivity index is 1.90. The number of thioether (sulfide) groups is 1. The second kappa shape index (κ2) is 7.80. The minimum atomic E-state index is -0.410. The number of rotatable bonds is 8. The minimum Gasteiger partial charge on any atom is -0.385 e. The summed E-state index contributed by atoms with van der Waals surface area (Å²) in [6.45, 7) is 1.56. The summed E-state index contributed by atoms with van der Waals surface area (Å²) in [5.74, 6) is 0.356. The van der Waals surface area contributed by atoms with Gasteiger partial charge in [0.05, 0.1) is 0 Å². The van der Waals surface area contributed by atoms with E-state index in [9.17, 15) is 4.79 Å². The molecule has 0 radical (unpaired) electrons. The predicted molar refractivity (Wildman–Crippen MR) is 81.0 cm³/mol. The van der Waals surface area contributed by atoms with Crippen LogP contribution in [0.3, 0.4) is 0 Å². The van der Waals surface area contributed by atoms with E-state index in [1.54, 1.807) is 37.3 Å². The van der Waals surface area contributed by atoms with Gasteiger partial charge < -0.3 is 15.0 Å². The van der Waals surface area contributed by atoms with Gasteiger partial charge in [-0.2, -0.15) is 0 Å². The van der Waals surface area contributed by atoms with E-state index in [1.165, 1.54) is 0 Å². The average Bonchev–Trinajstić information content (AvgIpc) is 2.93. The molecule has 112 valence electrons. The molecule has 7 heteroatoms. The van der Waals surface area contributed by atoms with E-state index in [4.69, 9.17) is 10.5 Å². The van der Waals surface area contributed by atoms with Crippen LogP contribution in [0.25, 0.3) is 0 Å². The molecule has 0 aliphatic rings. The maximum atomic E-state index is 11.0. The van der Waals surface area contributed by atoms with Crippen molar-refractivity contribution in [3.8, 4) is 0 Å². The molecule has 0 atom stereocenters. The highest BCUT2D eigenvalue weighted by atomic mass is 32.2. The van der Waals surface area contributed by atoms with Crippen molar-refractivity contribution >= 4 is 17.7 Å². The summed E-state index contributed by atoms with van der Waals surface area (Å²) in [7, 11) is 1.69. The zero-order valence-corrected chi connectivity index (χ0v) is 12.7. The lowest BCUT2D eigenvalue weighted by Crippen LogP contribution is -2.10. The Morgan fingerprint density at radius 3 is 2.81 bits per heavy atom. The molecular weight excluding hydrogens is 288 g/mol. The third-order valence-electron chi connectivity index (χ3n) is 2.93. The van der Waals surface area contributed by atoms with Crippen LogP contribution in [0.15, 0.2) is 35.7 Å². The molecule has 0 bridgehead atoms. The first-order valence-corrected chi connectivity index (χ1v) is 7.57. The van der Waals surface area contributed by atoms with E-state index in [0.717, 1.165) is 36.0 Å². The molecule has 2 aromatic rings. The molecular formula is C14H18N4O2S. The summed E-state index contributed by atoms with van der Waals surface area (Å²) in [4.78, 5) is 11.0. The zero-order valence-electron chi connectivity index (χ0n) is 11.9. The molecule has 0 spiro atoms. The Hall–Kier alpha value is -1.86. The highest BCUT2D eigenvalue weighted by molar-refractivity contribution is 7.98. The van der Waals surface area contributed by atoms with Crippen molar-refractivity contribution in [1.82, 2.24) is 14.8 Å². The lowest BCUT2D eigenvalue weighted by Gasteiger charge is -2.06. The number of aryl methyl sites for hydroxylation is 1. The molecule has 0 saturated heterocycles. The fourth-order valence-electron chi connectivity index (χ4n) is 1.80. The fourth-order valence-corrected chi connectivity index (χ4v) is 2.70. The van der Waals surface area contributed by atoms with Crippen LogP contribution >= 0.6 is 11.8 Å². The van der Waals surface area contributed by atoms with Gasteiger partial charge in [-0.1, -0.05) is 23.9 Å². The Morgan fingerprint density at radius 1 is 1.38 bits per heavy atom. The van der Waals surface area contributed by atoms with Crippen molar-refractivity contribution in [2.24, 2.45) is 5.73 Å². The highest BCUT2D eigenvalue weighted by Gasteiger charge is 2.06. The van der Waals surface area contributed by atoms with Gasteiger partial charge in [-0.05, 0) is 24.1 Å². The summed E-state index contributed by atoms with van der Waals surface area (Å²) in [6, 6.07) is 7.28. The Labute approximate surface area is 127 Å². The lowest BCUT2D eigenvalue weighted by atomic mass is 10.1. The van der Waals surface area contributed by atoms with Gasteiger partial charge in [-0.25, -0.2) is 0 Å². The first kappa shape index (κ1) is 15.5. The monoisotopic (exact) mass is 306 g/mol. The highest BCUT2D eigenvalue weighted by Crippen LogP contribution is 2.21. The van der Waals surface area contributed by atoms with E-state index in [-0.39, 0.29) is 0 Å². The van der Waals surface area contributed by atoms with Crippen LogP contribution in [0.5, 0.6) is 0 Å². The summed E-state index contributed by atoms with van der Waals surface area (Å²) >= 11 is 1.61. The number of methoxy groups -OCH3 is 1. The van der Waals surface area contributed by atoms with Crippen LogP contribution < -0.4 is 5.73 Å². The third-order valence-corrected chi connectivity index (χ3v) is 3.99. The van der Waals surface area contributed by atoms with Crippen molar-refractivity contribution in [1.29, 1.82) is 0 Å². The number of hydrogen-bond acceptors (Lipinski definition) is 5. The molecule has 21 heavy (non-hydrogen) atoms. The first-order valence-electron chi connectivity index (χ1n) is 6.59. The number of amides is 1. The summed E-state index contributed by atoms with van der Waals surface area (Å²) in [5.41, 5.74) is 6.84. The number of nitrogens with zero attached hydrogens (tertiary/aromatic N) is 3. The lowest BCUT2D eigenvalue weighted by molar-refractivity contribution is 0.100. The van der Waals surface area contributed by atoms with E-state index in [0.29, 0.717) is 5.56 Å². The quantitative estimate of drug-likeness (QED) is 0.593. The number of nitrogens with two attached hydrogens (primary N) is 1. The van der Waals surface area contributed by atoms with E-state index in [1.807, 2.05) is 16.7 Å². The van der Waals surface area contributed by atoms with Crippen molar-refractivity contribution in [2.75, 3.05) is 13.7 Å². The molecule has 2 N–H and O–H groups in total. The number of hydrogen-bond donors (Lipinski definition) is 1. The molecule has 0 saturated carbocycles. The van der Waals surface area contributed by atoms with Gasteiger partial charge in [0.15, 0.2) is 5.16 Å². The molecule has 1 aromatic carbocycles.